The van der Waals surface area contributed by atoms with Gasteiger partial charge in [-0.1, -0.05) is 27.7 Å². The number of hydrogen-bond donors (Lipinski definition) is 3. The Labute approximate surface area is 112 Å². The Balaban J connectivity index is 2.36. The van der Waals surface area contributed by atoms with Gasteiger partial charge in [0.15, 0.2) is 0 Å². The summed E-state index contributed by atoms with van der Waals surface area (Å²) in [4.78, 5) is 0. The van der Waals surface area contributed by atoms with Crippen LogP contribution < -0.4 is 5.32 Å². The summed E-state index contributed by atoms with van der Waals surface area (Å²) in [6.07, 6.45) is 3.87. The molecule has 0 radical (unpaired) electrons. The van der Waals surface area contributed by atoms with Gasteiger partial charge in [0, 0.05) is 13.1 Å². The van der Waals surface area contributed by atoms with Crippen molar-refractivity contribution in [1.29, 1.82) is 0 Å². The van der Waals surface area contributed by atoms with Crippen molar-refractivity contribution >= 4 is 0 Å². The van der Waals surface area contributed by atoms with Gasteiger partial charge in [0.05, 0.1) is 11.2 Å². The van der Waals surface area contributed by atoms with Gasteiger partial charge in [-0.05, 0) is 43.9 Å². The third kappa shape index (κ3) is 4.52. The highest BCUT2D eigenvalue weighted by Gasteiger charge is 2.36. The largest absolute Gasteiger partial charge is 0.389 e. The molecule has 3 nitrogen and oxygen atoms in total. The fourth-order valence-electron chi connectivity index (χ4n) is 2.32. The first-order chi connectivity index (χ1) is 8.06. The summed E-state index contributed by atoms with van der Waals surface area (Å²) in [6.45, 7) is 11.5. The van der Waals surface area contributed by atoms with Crippen molar-refractivity contribution in [2.45, 2.75) is 71.5 Å². The molecule has 1 saturated carbocycles. The van der Waals surface area contributed by atoms with Gasteiger partial charge in [-0.25, -0.2) is 0 Å². The fourth-order valence-corrected chi connectivity index (χ4v) is 2.32. The average Bonchev–Trinajstić information content (AvgIpc) is 2.23. The summed E-state index contributed by atoms with van der Waals surface area (Å²) >= 11 is 0. The van der Waals surface area contributed by atoms with Crippen LogP contribution in [0.1, 0.15) is 60.3 Å². The van der Waals surface area contributed by atoms with E-state index in [-0.39, 0.29) is 5.92 Å². The Hall–Kier alpha value is -0.120. The zero-order chi connectivity index (χ0) is 14.0. The van der Waals surface area contributed by atoms with E-state index in [0.717, 1.165) is 25.7 Å². The van der Waals surface area contributed by atoms with Crippen molar-refractivity contribution in [2.75, 3.05) is 13.1 Å². The van der Waals surface area contributed by atoms with Crippen LogP contribution in [0.15, 0.2) is 0 Å². The molecule has 1 aliphatic rings. The molecule has 108 valence electrons. The Kier molecular flexibility index (Phi) is 4.85. The van der Waals surface area contributed by atoms with Crippen molar-refractivity contribution < 1.29 is 10.2 Å². The molecule has 1 rings (SSSR count). The molecule has 0 amide bonds. The van der Waals surface area contributed by atoms with E-state index in [9.17, 15) is 10.2 Å². The highest BCUT2D eigenvalue weighted by molar-refractivity contribution is 4.91. The van der Waals surface area contributed by atoms with Gasteiger partial charge >= 0.3 is 0 Å². The summed E-state index contributed by atoms with van der Waals surface area (Å²) in [7, 11) is 0. The molecule has 1 atom stereocenters. The molecule has 1 fully saturated rings. The van der Waals surface area contributed by atoms with Crippen LogP contribution >= 0.6 is 0 Å². The van der Waals surface area contributed by atoms with Crippen molar-refractivity contribution in [2.24, 2.45) is 11.3 Å². The normalized spacial score (nSPS) is 26.0. The van der Waals surface area contributed by atoms with Gasteiger partial charge < -0.3 is 15.5 Å². The number of rotatable bonds is 5. The van der Waals surface area contributed by atoms with Gasteiger partial charge in [0.25, 0.3) is 0 Å². The van der Waals surface area contributed by atoms with Crippen LogP contribution in [0.25, 0.3) is 0 Å². The van der Waals surface area contributed by atoms with Crippen LogP contribution in [-0.4, -0.2) is 34.5 Å². The first-order valence-corrected chi connectivity index (χ1v) is 7.22. The second-order valence-electron chi connectivity index (χ2n) is 7.50. The Morgan fingerprint density at radius 1 is 1.17 bits per heavy atom. The molecular formula is C15H31NO2. The van der Waals surface area contributed by atoms with Crippen molar-refractivity contribution in [3.8, 4) is 0 Å². The predicted octanol–water partition coefficient (Wildman–Crippen LogP) is 2.31. The van der Waals surface area contributed by atoms with Gasteiger partial charge in [-0.3, -0.25) is 0 Å². The number of nitrogens with one attached hydrogen (secondary N) is 1. The molecular weight excluding hydrogens is 226 g/mol. The maximum Gasteiger partial charge on any atom is 0.0772 e. The minimum absolute atomic E-state index is 0.213. The summed E-state index contributed by atoms with van der Waals surface area (Å²) in [5.74, 6) is 0.213. The first-order valence-electron chi connectivity index (χ1n) is 7.22. The van der Waals surface area contributed by atoms with Crippen LogP contribution in [0.5, 0.6) is 0 Å². The maximum absolute atomic E-state index is 10.5. The van der Waals surface area contributed by atoms with Gasteiger partial charge in [0.2, 0.25) is 0 Å². The summed E-state index contributed by atoms with van der Waals surface area (Å²) < 4.78 is 0. The quantitative estimate of drug-likeness (QED) is 0.708. The third-order valence-electron chi connectivity index (χ3n) is 4.72. The number of hydrogen-bond acceptors (Lipinski definition) is 3. The molecule has 1 unspecified atom stereocenters. The van der Waals surface area contributed by atoms with E-state index in [1.54, 1.807) is 0 Å². The SMILES string of the molecule is CC(C)C(C)(O)CNCC1(O)CCC(C)(C)CC1. The third-order valence-corrected chi connectivity index (χ3v) is 4.72. The molecule has 0 heterocycles. The minimum Gasteiger partial charge on any atom is -0.389 e. The molecule has 0 bridgehead atoms. The van der Waals surface area contributed by atoms with E-state index in [1.807, 2.05) is 20.8 Å². The first kappa shape index (κ1) is 15.9. The second kappa shape index (κ2) is 5.48. The van der Waals surface area contributed by atoms with E-state index in [0.29, 0.717) is 18.5 Å². The molecule has 3 heteroatoms. The van der Waals surface area contributed by atoms with Crippen LogP contribution in [0.4, 0.5) is 0 Å². The molecule has 0 aromatic carbocycles. The van der Waals surface area contributed by atoms with E-state index in [1.165, 1.54) is 0 Å². The Morgan fingerprint density at radius 3 is 2.11 bits per heavy atom. The molecule has 0 aliphatic heterocycles. The summed E-state index contributed by atoms with van der Waals surface area (Å²) in [5, 5.41) is 23.9. The second-order valence-corrected chi connectivity index (χ2v) is 7.50. The topological polar surface area (TPSA) is 52.5 Å². The van der Waals surface area contributed by atoms with E-state index >= 15 is 0 Å². The fraction of sp³-hybridized carbons (Fsp3) is 1.00. The minimum atomic E-state index is -0.704. The molecule has 0 aromatic heterocycles. The van der Waals surface area contributed by atoms with Gasteiger partial charge in [0.1, 0.15) is 0 Å². The van der Waals surface area contributed by atoms with Gasteiger partial charge in [-0.2, -0.15) is 0 Å². The molecule has 0 spiro atoms. The standard InChI is InChI=1S/C15H31NO2/c1-12(2)14(5,17)10-16-11-15(18)8-6-13(3,4)7-9-15/h12,16-18H,6-11H2,1-5H3. The average molecular weight is 257 g/mol. The van der Waals surface area contributed by atoms with E-state index < -0.39 is 11.2 Å². The highest BCUT2D eigenvalue weighted by atomic mass is 16.3. The smallest absolute Gasteiger partial charge is 0.0772 e. The van der Waals surface area contributed by atoms with Gasteiger partial charge in [-0.15, -0.1) is 0 Å². The van der Waals surface area contributed by atoms with Crippen LogP contribution in [-0.2, 0) is 0 Å². The van der Waals surface area contributed by atoms with Crippen LogP contribution in [0.2, 0.25) is 0 Å². The molecule has 0 aromatic rings. The van der Waals surface area contributed by atoms with Crippen molar-refractivity contribution in [1.82, 2.24) is 5.32 Å². The summed E-state index contributed by atoms with van der Waals surface area (Å²) in [5.41, 5.74) is -0.914. The molecule has 18 heavy (non-hydrogen) atoms. The molecule has 1 aliphatic carbocycles. The van der Waals surface area contributed by atoms with Crippen molar-refractivity contribution in [3.63, 3.8) is 0 Å². The monoisotopic (exact) mass is 257 g/mol. The number of aliphatic hydroxyl groups is 2. The lowest BCUT2D eigenvalue weighted by Gasteiger charge is -2.41. The molecule has 3 N–H and O–H groups in total. The summed E-state index contributed by atoms with van der Waals surface area (Å²) in [6, 6.07) is 0. The lowest BCUT2D eigenvalue weighted by atomic mass is 9.71. The maximum atomic E-state index is 10.5. The van der Waals surface area contributed by atoms with E-state index in [2.05, 4.69) is 19.2 Å². The lowest BCUT2D eigenvalue weighted by molar-refractivity contribution is -0.0339. The Morgan fingerprint density at radius 2 is 1.67 bits per heavy atom. The Bertz CT molecular complexity index is 262. The zero-order valence-electron chi connectivity index (χ0n) is 12.7. The zero-order valence-corrected chi connectivity index (χ0v) is 12.7. The lowest BCUT2D eigenvalue weighted by Crippen LogP contribution is -2.50. The van der Waals surface area contributed by atoms with Crippen LogP contribution in [0.3, 0.4) is 0 Å². The molecule has 0 saturated heterocycles. The highest BCUT2D eigenvalue weighted by Crippen LogP contribution is 2.39. The predicted molar refractivity (Wildman–Crippen MR) is 75.5 cm³/mol. The van der Waals surface area contributed by atoms with Crippen LogP contribution in [0, 0.1) is 11.3 Å². The van der Waals surface area contributed by atoms with Crippen molar-refractivity contribution in [3.05, 3.63) is 0 Å². The van der Waals surface area contributed by atoms with E-state index in [4.69, 9.17) is 0 Å².